The molecular weight excluding hydrogens is 236 g/mol. The van der Waals surface area contributed by atoms with Crippen LogP contribution in [-0.2, 0) is 4.79 Å². The van der Waals surface area contributed by atoms with Crippen LogP contribution < -0.4 is 11.1 Å². The van der Waals surface area contributed by atoms with Crippen LogP contribution in [0, 0.1) is 0 Å². The van der Waals surface area contributed by atoms with Crippen molar-refractivity contribution in [3.8, 4) is 0 Å². The highest BCUT2D eigenvalue weighted by molar-refractivity contribution is 7.99. The summed E-state index contributed by atoms with van der Waals surface area (Å²) in [7, 11) is 0. The zero-order chi connectivity index (χ0) is 12.7. The SMILES string of the molecule is CC(C)NC(CCSc1cnccn1)C(N)=O. The van der Waals surface area contributed by atoms with Gasteiger partial charge in [0.05, 0.1) is 12.2 Å². The molecule has 0 radical (unpaired) electrons. The largest absolute Gasteiger partial charge is 0.368 e. The van der Waals surface area contributed by atoms with Crippen molar-refractivity contribution >= 4 is 17.7 Å². The normalized spacial score (nSPS) is 12.6. The van der Waals surface area contributed by atoms with Crippen LogP contribution in [0.5, 0.6) is 0 Å². The van der Waals surface area contributed by atoms with E-state index in [9.17, 15) is 4.79 Å². The first-order chi connectivity index (χ1) is 8.09. The molecule has 17 heavy (non-hydrogen) atoms. The quantitative estimate of drug-likeness (QED) is 0.704. The maximum atomic E-state index is 11.2. The number of amides is 1. The molecule has 0 aliphatic carbocycles. The Morgan fingerprint density at radius 2 is 2.29 bits per heavy atom. The van der Waals surface area contributed by atoms with Crippen LogP contribution in [0.15, 0.2) is 23.6 Å². The second-order valence-electron chi connectivity index (χ2n) is 3.96. The minimum atomic E-state index is -0.307. The molecule has 0 spiro atoms. The van der Waals surface area contributed by atoms with E-state index in [2.05, 4.69) is 15.3 Å². The molecule has 1 amide bonds. The van der Waals surface area contributed by atoms with Crippen molar-refractivity contribution in [2.24, 2.45) is 5.73 Å². The van der Waals surface area contributed by atoms with Crippen LogP contribution in [-0.4, -0.2) is 33.7 Å². The van der Waals surface area contributed by atoms with Gasteiger partial charge in [0.15, 0.2) is 0 Å². The van der Waals surface area contributed by atoms with Crippen molar-refractivity contribution in [3.63, 3.8) is 0 Å². The van der Waals surface area contributed by atoms with Crippen molar-refractivity contribution in [1.29, 1.82) is 0 Å². The summed E-state index contributed by atoms with van der Waals surface area (Å²) in [6, 6.07) is -0.0341. The Morgan fingerprint density at radius 1 is 1.53 bits per heavy atom. The van der Waals surface area contributed by atoms with Crippen LogP contribution >= 0.6 is 11.8 Å². The number of carbonyl (C=O) groups is 1. The Balaban J connectivity index is 2.35. The fourth-order valence-electron chi connectivity index (χ4n) is 1.35. The predicted molar refractivity (Wildman–Crippen MR) is 68.6 cm³/mol. The fourth-order valence-corrected chi connectivity index (χ4v) is 2.18. The van der Waals surface area contributed by atoms with Crippen LogP contribution in [0.1, 0.15) is 20.3 Å². The molecule has 0 bridgehead atoms. The molecule has 0 aromatic carbocycles. The van der Waals surface area contributed by atoms with Crippen molar-refractivity contribution in [2.45, 2.75) is 37.4 Å². The second kappa shape index (κ2) is 7.24. The molecule has 5 nitrogen and oxygen atoms in total. The number of carbonyl (C=O) groups excluding carboxylic acids is 1. The average Bonchev–Trinajstić information content (AvgIpc) is 2.28. The molecule has 1 aromatic rings. The Bertz CT molecular complexity index is 345. The summed E-state index contributed by atoms with van der Waals surface area (Å²) in [5.41, 5.74) is 5.33. The van der Waals surface area contributed by atoms with Gasteiger partial charge in [-0.15, -0.1) is 11.8 Å². The van der Waals surface area contributed by atoms with Crippen molar-refractivity contribution in [1.82, 2.24) is 15.3 Å². The second-order valence-corrected chi connectivity index (χ2v) is 5.07. The fraction of sp³-hybridized carbons (Fsp3) is 0.545. The van der Waals surface area contributed by atoms with Crippen LogP contribution in [0.2, 0.25) is 0 Å². The van der Waals surface area contributed by atoms with E-state index in [1.165, 1.54) is 0 Å². The maximum absolute atomic E-state index is 11.2. The average molecular weight is 254 g/mol. The number of primary amides is 1. The van der Waals surface area contributed by atoms with E-state index >= 15 is 0 Å². The lowest BCUT2D eigenvalue weighted by atomic mass is 10.2. The number of nitrogens with two attached hydrogens (primary N) is 1. The molecule has 0 saturated heterocycles. The smallest absolute Gasteiger partial charge is 0.234 e. The van der Waals surface area contributed by atoms with Crippen LogP contribution in [0.4, 0.5) is 0 Å². The number of thioether (sulfide) groups is 1. The Morgan fingerprint density at radius 3 is 2.82 bits per heavy atom. The van der Waals surface area contributed by atoms with Gasteiger partial charge in [-0.2, -0.15) is 0 Å². The molecule has 1 unspecified atom stereocenters. The van der Waals surface area contributed by atoms with Gasteiger partial charge in [-0.3, -0.25) is 9.78 Å². The summed E-state index contributed by atoms with van der Waals surface area (Å²) < 4.78 is 0. The lowest BCUT2D eigenvalue weighted by Gasteiger charge is -2.17. The topological polar surface area (TPSA) is 80.9 Å². The van der Waals surface area contributed by atoms with E-state index in [1.807, 2.05) is 13.8 Å². The highest BCUT2D eigenvalue weighted by Gasteiger charge is 2.15. The molecule has 1 atom stereocenters. The molecule has 0 fully saturated rings. The Labute approximate surface area is 106 Å². The van der Waals surface area contributed by atoms with Gasteiger partial charge in [0.2, 0.25) is 5.91 Å². The van der Waals surface area contributed by atoms with Gasteiger partial charge in [0, 0.05) is 24.2 Å². The number of nitrogens with zero attached hydrogens (tertiary/aromatic N) is 2. The van der Waals surface area contributed by atoms with E-state index in [4.69, 9.17) is 5.73 Å². The van der Waals surface area contributed by atoms with E-state index in [0.29, 0.717) is 6.42 Å². The summed E-state index contributed by atoms with van der Waals surface area (Å²) in [6.45, 7) is 3.98. The number of rotatable bonds is 7. The minimum absolute atomic E-state index is 0.244. The number of hydrogen-bond donors (Lipinski definition) is 2. The predicted octanol–water partition coefficient (Wildman–Crippen LogP) is 0.811. The first kappa shape index (κ1) is 13.9. The molecule has 0 aliphatic heterocycles. The molecule has 3 N–H and O–H groups in total. The first-order valence-corrected chi connectivity index (χ1v) is 6.52. The third-order valence-electron chi connectivity index (χ3n) is 2.07. The Hall–Kier alpha value is -1.14. The van der Waals surface area contributed by atoms with Gasteiger partial charge in [0.1, 0.15) is 5.03 Å². The van der Waals surface area contributed by atoms with Crippen molar-refractivity contribution < 1.29 is 4.79 Å². The van der Waals surface area contributed by atoms with Gasteiger partial charge < -0.3 is 11.1 Å². The summed E-state index contributed by atoms with van der Waals surface area (Å²) in [5.74, 6) is 0.477. The highest BCUT2D eigenvalue weighted by atomic mass is 32.2. The van der Waals surface area contributed by atoms with E-state index in [1.54, 1.807) is 30.4 Å². The van der Waals surface area contributed by atoms with Gasteiger partial charge in [-0.05, 0) is 6.42 Å². The zero-order valence-electron chi connectivity index (χ0n) is 10.1. The van der Waals surface area contributed by atoms with E-state index < -0.39 is 0 Å². The number of aromatic nitrogens is 2. The molecule has 94 valence electrons. The van der Waals surface area contributed by atoms with E-state index in [0.717, 1.165) is 10.8 Å². The maximum Gasteiger partial charge on any atom is 0.234 e. The Kier molecular flexibility index (Phi) is 5.93. The highest BCUT2D eigenvalue weighted by Crippen LogP contribution is 2.14. The van der Waals surface area contributed by atoms with E-state index in [-0.39, 0.29) is 18.0 Å². The van der Waals surface area contributed by atoms with Crippen molar-refractivity contribution in [3.05, 3.63) is 18.6 Å². The lowest BCUT2D eigenvalue weighted by molar-refractivity contribution is -0.120. The van der Waals surface area contributed by atoms with Gasteiger partial charge in [-0.25, -0.2) is 4.98 Å². The molecule has 1 heterocycles. The van der Waals surface area contributed by atoms with Crippen molar-refractivity contribution in [2.75, 3.05) is 5.75 Å². The monoisotopic (exact) mass is 254 g/mol. The molecule has 0 aliphatic rings. The molecular formula is C11H18N4OS. The van der Waals surface area contributed by atoms with Gasteiger partial charge >= 0.3 is 0 Å². The zero-order valence-corrected chi connectivity index (χ0v) is 10.9. The summed E-state index contributed by atoms with van der Waals surface area (Å²) >= 11 is 1.57. The third kappa shape index (κ3) is 5.65. The van der Waals surface area contributed by atoms with Crippen LogP contribution in [0.3, 0.4) is 0 Å². The summed E-state index contributed by atoms with van der Waals surface area (Å²) in [6.07, 6.45) is 5.69. The molecule has 1 aromatic heterocycles. The van der Waals surface area contributed by atoms with Crippen LogP contribution in [0.25, 0.3) is 0 Å². The molecule has 6 heteroatoms. The third-order valence-corrected chi connectivity index (χ3v) is 3.02. The number of nitrogens with one attached hydrogen (secondary N) is 1. The molecule has 1 rings (SSSR count). The lowest BCUT2D eigenvalue weighted by Crippen LogP contribution is -2.44. The van der Waals surface area contributed by atoms with Gasteiger partial charge in [-0.1, -0.05) is 13.8 Å². The standard InChI is InChI=1S/C11H18N4OS/c1-8(2)15-9(11(12)16)3-6-17-10-7-13-4-5-14-10/h4-5,7-9,15H,3,6H2,1-2H3,(H2,12,16). The summed E-state index contributed by atoms with van der Waals surface area (Å²) in [4.78, 5) is 19.3. The summed E-state index contributed by atoms with van der Waals surface area (Å²) in [5, 5.41) is 4.00. The number of hydrogen-bond acceptors (Lipinski definition) is 5. The minimum Gasteiger partial charge on any atom is -0.368 e. The molecule has 0 saturated carbocycles. The first-order valence-electron chi connectivity index (χ1n) is 5.53. The van der Waals surface area contributed by atoms with Gasteiger partial charge in [0.25, 0.3) is 0 Å².